The maximum Gasteiger partial charge on any atom is 0.260 e. The van der Waals surface area contributed by atoms with Crippen molar-refractivity contribution in [2.45, 2.75) is 32.2 Å². The largest absolute Gasteiger partial charge is 0.490 e. The number of likely N-dealkylation sites (tertiary alicyclic amines) is 1. The summed E-state index contributed by atoms with van der Waals surface area (Å²) in [5.41, 5.74) is 0. The highest BCUT2D eigenvalue weighted by atomic mass is 16.5. The number of methoxy groups -OCH3 is 1. The van der Waals surface area contributed by atoms with Crippen LogP contribution in [0.3, 0.4) is 0 Å². The smallest absolute Gasteiger partial charge is 0.260 e. The molecular formula is C19H28N2O5. The Morgan fingerprint density at radius 3 is 2.42 bits per heavy atom. The summed E-state index contributed by atoms with van der Waals surface area (Å²) in [6.45, 7) is 4.08. The number of hydrogen-bond acceptors (Lipinski definition) is 5. The molecule has 1 aliphatic heterocycles. The fourth-order valence-corrected chi connectivity index (χ4v) is 2.84. The van der Waals surface area contributed by atoms with Gasteiger partial charge >= 0.3 is 0 Å². The number of amides is 2. The molecule has 2 rings (SSSR count). The predicted molar refractivity (Wildman–Crippen MR) is 97.3 cm³/mol. The summed E-state index contributed by atoms with van der Waals surface area (Å²) in [6, 6.07) is 7.44. The van der Waals surface area contributed by atoms with Gasteiger partial charge in [-0.05, 0) is 31.9 Å². The summed E-state index contributed by atoms with van der Waals surface area (Å²) < 4.78 is 16.0. The highest BCUT2D eigenvalue weighted by Gasteiger charge is 2.24. The molecule has 1 saturated heterocycles. The Labute approximate surface area is 154 Å². The van der Waals surface area contributed by atoms with Crippen LogP contribution in [-0.4, -0.2) is 62.8 Å². The van der Waals surface area contributed by atoms with Crippen molar-refractivity contribution in [2.24, 2.45) is 0 Å². The van der Waals surface area contributed by atoms with E-state index in [-0.39, 0.29) is 24.5 Å². The first kappa shape index (κ1) is 20.0. The monoisotopic (exact) mass is 364 g/mol. The zero-order chi connectivity index (χ0) is 18.8. The molecule has 1 aromatic rings. The minimum absolute atomic E-state index is 0.00695. The van der Waals surface area contributed by atoms with Crippen molar-refractivity contribution in [3.05, 3.63) is 24.3 Å². The number of para-hydroxylation sites is 2. The second-order valence-corrected chi connectivity index (χ2v) is 6.13. The number of hydrogen-bond donors (Lipinski definition) is 1. The van der Waals surface area contributed by atoms with Gasteiger partial charge < -0.3 is 24.4 Å². The summed E-state index contributed by atoms with van der Waals surface area (Å²) >= 11 is 0. The molecule has 144 valence electrons. The van der Waals surface area contributed by atoms with Crippen LogP contribution in [0.25, 0.3) is 0 Å². The molecule has 0 unspecified atom stereocenters. The molecule has 1 aliphatic rings. The lowest BCUT2D eigenvalue weighted by molar-refractivity contribution is -0.134. The van der Waals surface area contributed by atoms with E-state index in [9.17, 15) is 9.59 Å². The van der Waals surface area contributed by atoms with E-state index in [4.69, 9.17) is 14.2 Å². The summed E-state index contributed by atoms with van der Waals surface area (Å²) in [4.78, 5) is 25.9. The summed E-state index contributed by atoms with van der Waals surface area (Å²) in [7, 11) is 1.58. The standard InChI is InChI=1S/C19H28N2O5/c1-3-25-16-6-4-5-7-17(16)26-14-19(23)21-11-8-15(9-12-21)20-18(22)10-13-24-2/h4-7,15H,3,8-14H2,1-2H3,(H,20,22). The van der Waals surface area contributed by atoms with Crippen LogP contribution in [0, 0.1) is 0 Å². The summed E-state index contributed by atoms with van der Waals surface area (Å²) in [6.07, 6.45) is 1.86. The van der Waals surface area contributed by atoms with E-state index in [1.54, 1.807) is 18.1 Å². The Hall–Kier alpha value is -2.28. The zero-order valence-electron chi connectivity index (χ0n) is 15.5. The van der Waals surface area contributed by atoms with E-state index in [0.29, 0.717) is 44.2 Å². The van der Waals surface area contributed by atoms with Crippen LogP contribution in [0.1, 0.15) is 26.2 Å². The Morgan fingerprint density at radius 2 is 1.81 bits per heavy atom. The number of nitrogens with zero attached hydrogens (tertiary/aromatic N) is 1. The van der Waals surface area contributed by atoms with Gasteiger partial charge in [0.15, 0.2) is 18.1 Å². The van der Waals surface area contributed by atoms with Crippen LogP contribution in [0.2, 0.25) is 0 Å². The van der Waals surface area contributed by atoms with Gasteiger partial charge in [-0.1, -0.05) is 12.1 Å². The van der Waals surface area contributed by atoms with E-state index in [0.717, 1.165) is 12.8 Å². The normalized spacial score (nSPS) is 14.8. The summed E-state index contributed by atoms with van der Waals surface area (Å²) in [5, 5.41) is 2.99. The van der Waals surface area contributed by atoms with Crippen molar-refractivity contribution in [1.29, 1.82) is 0 Å². The maximum atomic E-state index is 12.4. The Kier molecular flexibility index (Phi) is 8.21. The lowest BCUT2D eigenvalue weighted by Crippen LogP contribution is -2.47. The van der Waals surface area contributed by atoms with Gasteiger partial charge in [-0.25, -0.2) is 0 Å². The molecular weight excluding hydrogens is 336 g/mol. The van der Waals surface area contributed by atoms with Crippen molar-refractivity contribution in [3.8, 4) is 11.5 Å². The molecule has 0 saturated carbocycles. The number of carbonyl (C=O) groups excluding carboxylic acids is 2. The zero-order valence-corrected chi connectivity index (χ0v) is 15.5. The predicted octanol–water partition coefficient (Wildman–Crippen LogP) is 1.61. The molecule has 1 N–H and O–H groups in total. The van der Waals surface area contributed by atoms with Crippen molar-refractivity contribution in [2.75, 3.05) is 40.0 Å². The minimum Gasteiger partial charge on any atom is -0.490 e. The quantitative estimate of drug-likeness (QED) is 0.720. The maximum absolute atomic E-state index is 12.4. The van der Waals surface area contributed by atoms with Gasteiger partial charge in [0, 0.05) is 32.7 Å². The van der Waals surface area contributed by atoms with E-state index in [1.807, 2.05) is 25.1 Å². The molecule has 1 heterocycles. The molecule has 1 fully saturated rings. The number of carbonyl (C=O) groups is 2. The lowest BCUT2D eigenvalue weighted by atomic mass is 10.0. The fourth-order valence-electron chi connectivity index (χ4n) is 2.84. The molecule has 2 amide bonds. The van der Waals surface area contributed by atoms with E-state index in [2.05, 4.69) is 5.32 Å². The van der Waals surface area contributed by atoms with Crippen LogP contribution in [-0.2, 0) is 14.3 Å². The molecule has 7 heteroatoms. The third-order valence-corrected chi connectivity index (χ3v) is 4.25. The Balaban J connectivity index is 1.74. The number of rotatable bonds is 9. The van der Waals surface area contributed by atoms with E-state index >= 15 is 0 Å². The van der Waals surface area contributed by atoms with Gasteiger partial charge in [0.2, 0.25) is 5.91 Å². The van der Waals surface area contributed by atoms with Crippen LogP contribution in [0.15, 0.2) is 24.3 Å². The Bertz CT molecular complexity index is 585. The third kappa shape index (κ3) is 6.22. The number of benzene rings is 1. The molecule has 0 aromatic heterocycles. The van der Waals surface area contributed by atoms with Crippen molar-refractivity contribution in [1.82, 2.24) is 10.2 Å². The van der Waals surface area contributed by atoms with Crippen molar-refractivity contribution in [3.63, 3.8) is 0 Å². The molecule has 0 spiro atoms. The van der Waals surface area contributed by atoms with Gasteiger partial charge in [-0.2, -0.15) is 0 Å². The van der Waals surface area contributed by atoms with Crippen molar-refractivity contribution >= 4 is 11.8 Å². The lowest BCUT2D eigenvalue weighted by Gasteiger charge is -2.32. The average Bonchev–Trinajstić information content (AvgIpc) is 2.66. The van der Waals surface area contributed by atoms with Gasteiger partial charge in [0.05, 0.1) is 13.2 Å². The second-order valence-electron chi connectivity index (χ2n) is 6.13. The van der Waals surface area contributed by atoms with Gasteiger partial charge in [0.1, 0.15) is 0 Å². The highest BCUT2D eigenvalue weighted by Crippen LogP contribution is 2.26. The molecule has 0 aliphatic carbocycles. The third-order valence-electron chi connectivity index (χ3n) is 4.25. The fraction of sp³-hybridized carbons (Fsp3) is 0.579. The second kappa shape index (κ2) is 10.7. The topological polar surface area (TPSA) is 77.1 Å². The van der Waals surface area contributed by atoms with Gasteiger partial charge in [0.25, 0.3) is 5.91 Å². The van der Waals surface area contributed by atoms with E-state index in [1.165, 1.54) is 0 Å². The molecule has 0 atom stereocenters. The number of nitrogens with one attached hydrogen (secondary N) is 1. The SMILES string of the molecule is CCOc1ccccc1OCC(=O)N1CCC(NC(=O)CCOC)CC1. The number of ether oxygens (including phenoxy) is 3. The van der Waals surface area contributed by atoms with Crippen LogP contribution >= 0.6 is 0 Å². The first-order chi connectivity index (χ1) is 12.6. The van der Waals surface area contributed by atoms with Crippen LogP contribution in [0.4, 0.5) is 0 Å². The first-order valence-electron chi connectivity index (χ1n) is 9.04. The van der Waals surface area contributed by atoms with Crippen molar-refractivity contribution < 1.29 is 23.8 Å². The van der Waals surface area contributed by atoms with Gasteiger partial charge in [-0.3, -0.25) is 9.59 Å². The minimum atomic E-state index is -0.0551. The number of piperidine rings is 1. The molecule has 1 aromatic carbocycles. The average molecular weight is 364 g/mol. The van der Waals surface area contributed by atoms with Crippen LogP contribution in [0.5, 0.6) is 11.5 Å². The van der Waals surface area contributed by atoms with Gasteiger partial charge in [-0.15, -0.1) is 0 Å². The molecule has 0 radical (unpaired) electrons. The highest BCUT2D eigenvalue weighted by molar-refractivity contribution is 5.78. The molecule has 26 heavy (non-hydrogen) atoms. The molecule has 7 nitrogen and oxygen atoms in total. The molecule has 0 bridgehead atoms. The Morgan fingerprint density at radius 1 is 1.15 bits per heavy atom. The van der Waals surface area contributed by atoms with E-state index < -0.39 is 0 Å². The van der Waals surface area contributed by atoms with Crippen LogP contribution < -0.4 is 14.8 Å². The summed E-state index contributed by atoms with van der Waals surface area (Å²) in [5.74, 6) is 1.15. The first-order valence-corrected chi connectivity index (χ1v) is 9.04.